The minimum absolute atomic E-state index is 0.00315. The van der Waals surface area contributed by atoms with E-state index in [1.165, 1.54) is 29.0 Å². The molecule has 0 amide bonds. The summed E-state index contributed by atoms with van der Waals surface area (Å²) in [5.41, 5.74) is 0.689. The molecule has 0 fully saturated rings. The summed E-state index contributed by atoms with van der Waals surface area (Å²) in [6, 6.07) is 7.52. The third kappa shape index (κ3) is 1.84. The van der Waals surface area contributed by atoms with E-state index < -0.39 is 11.8 Å². The molecule has 0 aliphatic heterocycles. The highest BCUT2D eigenvalue weighted by Crippen LogP contribution is 2.20. The van der Waals surface area contributed by atoms with Gasteiger partial charge in [0, 0.05) is 6.20 Å². The van der Waals surface area contributed by atoms with Gasteiger partial charge in [-0.2, -0.15) is 5.26 Å². The predicted molar refractivity (Wildman–Crippen MR) is 62.1 cm³/mol. The van der Waals surface area contributed by atoms with Gasteiger partial charge in [0.15, 0.2) is 0 Å². The SMILES string of the molecule is Cc1ccc(F)c(-n2ccc(C#N)c2C(=O)O)c1. The zero-order valence-electron chi connectivity index (χ0n) is 9.51. The number of aromatic carboxylic acids is 1. The lowest BCUT2D eigenvalue weighted by atomic mass is 10.2. The maximum atomic E-state index is 13.7. The molecule has 18 heavy (non-hydrogen) atoms. The number of hydrogen-bond acceptors (Lipinski definition) is 2. The first kappa shape index (κ1) is 11.9. The molecule has 0 aliphatic rings. The van der Waals surface area contributed by atoms with Crippen molar-refractivity contribution in [3.8, 4) is 11.8 Å². The first-order chi connectivity index (χ1) is 8.54. The highest BCUT2D eigenvalue weighted by Gasteiger charge is 2.18. The van der Waals surface area contributed by atoms with Crippen molar-refractivity contribution in [2.75, 3.05) is 0 Å². The number of aryl methyl sites for hydroxylation is 1. The summed E-state index contributed by atoms with van der Waals surface area (Å²) >= 11 is 0. The molecule has 90 valence electrons. The fourth-order valence-corrected chi connectivity index (χ4v) is 1.75. The van der Waals surface area contributed by atoms with Crippen LogP contribution in [-0.2, 0) is 0 Å². The Morgan fingerprint density at radius 2 is 2.17 bits per heavy atom. The highest BCUT2D eigenvalue weighted by atomic mass is 19.1. The minimum atomic E-state index is -1.27. The van der Waals surface area contributed by atoms with E-state index in [4.69, 9.17) is 10.4 Å². The number of carboxylic acids is 1. The van der Waals surface area contributed by atoms with E-state index in [0.29, 0.717) is 0 Å². The first-order valence-electron chi connectivity index (χ1n) is 5.16. The Morgan fingerprint density at radius 1 is 1.44 bits per heavy atom. The molecule has 0 aliphatic carbocycles. The van der Waals surface area contributed by atoms with Crippen molar-refractivity contribution in [1.29, 1.82) is 5.26 Å². The van der Waals surface area contributed by atoms with Crippen LogP contribution in [0.25, 0.3) is 5.69 Å². The number of nitrogens with zero attached hydrogens (tertiary/aromatic N) is 2. The minimum Gasteiger partial charge on any atom is -0.477 e. The Morgan fingerprint density at radius 3 is 2.78 bits per heavy atom. The van der Waals surface area contributed by atoms with Crippen molar-refractivity contribution in [1.82, 2.24) is 4.57 Å². The van der Waals surface area contributed by atoms with Crippen molar-refractivity contribution >= 4 is 5.97 Å². The van der Waals surface area contributed by atoms with Crippen LogP contribution in [0.4, 0.5) is 4.39 Å². The van der Waals surface area contributed by atoms with Gasteiger partial charge in [0.2, 0.25) is 0 Å². The highest BCUT2D eigenvalue weighted by molar-refractivity contribution is 5.89. The smallest absolute Gasteiger partial charge is 0.354 e. The Labute approximate surface area is 103 Å². The third-order valence-corrected chi connectivity index (χ3v) is 2.57. The van der Waals surface area contributed by atoms with Crippen LogP contribution in [0.5, 0.6) is 0 Å². The molecule has 0 spiro atoms. The molecular formula is C13H9FN2O2. The zero-order valence-corrected chi connectivity index (χ0v) is 9.51. The lowest BCUT2D eigenvalue weighted by Crippen LogP contribution is -2.09. The van der Waals surface area contributed by atoms with Gasteiger partial charge < -0.3 is 9.67 Å². The van der Waals surface area contributed by atoms with Gasteiger partial charge in [-0.05, 0) is 30.7 Å². The van der Waals surface area contributed by atoms with Crippen LogP contribution in [-0.4, -0.2) is 15.6 Å². The van der Waals surface area contributed by atoms with Gasteiger partial charge in [-0.15, -0.1) is 0 Å². The van der Waals surface area contributed by atoms with Crippen molar-refractivity contribution < 1.29 is 14.3 Å². The second-order valence-electron chi connectivity index (χ2n) is 3.82. The lowest BCUT2D eigenvalue weighted by molar-refractivity contribution is 0.0688. The van der Waals surface area contributed by atoms with Gasteiger partial charge in [0.1, 0.15) is 17.6 Å². The number of rotatable bonds is 2. The van der Waals surface area contributed by atoms with Crippen LogP contribution in [0.2, 0.25) is 0 Å². The molecule has 0 atom stereocenters. The van der Waals surface area contributed by atoms with E-state index >= 15 is 0 Å². The van der Waals surface area contributed by atoms with E-state index in [9.17, 15) is 9.18 Å². The molecule has 1 aromatic heterocycles. The van der Waals surface area contributed by atoms with Gasteiger partial charge >= 0.3 is 5.97 Å². The molecular weight excluding hydrogens is 235 g/mol. The Kier molecular flexibility index (Phi) is 2.86. The molecule has 4 nitrogen and oxygen atoms in total. The van der Waals surface area contributed by atoms with Crippen LogP contribution in [0, 0.1) is 24.1 Å². The maximum absolute atomic E-state index is 13.7. The van der Waals surface area contributed by atoms with E-state index in [2.05, 4.69) is 0 Å². The molecule has 0 saturated heterocycles. The molecule has 0 bridgehead atoms. The Balaban J connectivity index is 2.72. The number of aromatic nitrogens is 1. The summed E-state index contributed by atoms with van der Waals surface area (Å²) in [5, 5.41) is 17.9. The second kappa shape index (κ2) is 4.34. The van der Waals surface area contributed by atoms with Gasteiger partial charge in [-0.1, -0.05) is 6.07 Å². The number of benzene rings is 1. The monoisotopic (exact) mass is 244 g/mol. The van der Waals surface area contributed by atoms with Gasteiger partial charge in [-0.3, -0.25) is 0 Å². The molecule has 2 aromatic rings. The summed E-state index contributed by atoms with van der Waals surface area (Å²) < 4.78 is 14.9. The standard InChI is InChI=1S/C13H9FN2O2/c1-8-2-3-10(14)11(6-8)16-5-4-9(7-15)12(16)13(17)18/h2-6H,1H3,(H,17,18). The van der Waals surface area contributed by atoms with Crippen LogP contribution in [0.15, 0.2) is 30.5 Å². The van der Waals surface area contributed by atoms with Crippen LogP contribution in [0.1, 0.15) is 21.6 Å². The predicted octanol–water partition coefficient (Wildman–Crippen LogP) is 2.49. The zero-order chi connectivity index (χ0) is 13.3. The first-order valence-corrected chi connectivity index (χ1v) is 5.16. The molecule has 0 unspecified atom stereocenters. The number of carbonyl (C=O) groups is 1. The van der Waals surface area contributed by atoms with Crippen molar-refractivity contribution in [2.24, 2.45) is 0 Å². The molecule has 1 heterocycles. The Bertz CT molecular complexity index is 668. The topological polar surface area (TPSA) is 66.0 Å². The normalized spacial score (nSPS) is 10.1. The number of carboxylic acid groups (broad SMARTS) is 1. The average Bonchev–Trinajstić information content (AvgIpc) is 2.75. The van der Waals surface area contributed by atoms with Gasteiger partial charge in [0.25, 0.3) is 0 Å². The summed E-state index contributed by atoms with van der Waals surface area (Å²) in [6.07, 6.45) is 1.37. The number of halogens is 1. The fourth-order valence-electron chi connectivity index (χ4n) is 1.75. The second-order valence-corrected chi connectivity index (χ2v) is 3.82. The molecule has 0 radical (unpaired) electrons. The van der Waals surface area contributed by atoms with Crippen molar-refractivity contribution in [2.45, 2.75) is 6.92 Å². The summed E-state index contributed by atoms with van der Waals surface area (Å²) in [4.78, 5) is 11.1. The number of nitriles is 1. The van der Waals surface area contributed by atoms with Crippen molar-refractivity contribution in [3.63, 3.8) is 0 Å². The third-order valence-electron chi connectivity index (χ3n) is 2.57. The summed E-state index contributed by atoms with van der Waals surface area (Å²) in [5.74, 6) is -1.80. The van der Waals surface area contributed by atoms with E-state index in [1.807, 2.05) is 0 Å². The maximum Gasteiger partial charge on any atom is 0.354 e. The van der Waals surface area contributed by atoms with Crippen LogP contribution >= 0.6 is 0 Å². The van der Waals surface area contributed by atoms with Crippen LogP contribution in [0.3, 0.4) is 0 Å². The van der Waals surface area contributed by atoms with Crippen molar-refractivity contribution in [3.05, 3.63) is 53.1 Å². The van der Waals surface area contributed by atoms with Crippen LogP contribution < -0.4 is 0 Å². The fraction of sp³-hybridized carbons (Fsp3) is 0.0769. The summed E-state index contributed by atoms with van der Waals surface area (Å²) in [6.45, 7) is 1.78. The lowest BCUT2D eigenvalue weighted by Gasteiger charge is -2.08. The number of hydrogen-bond donors (Lipinski definition) is 1. The molecule has 5 heteroatoms. The molecule has 0 saturated carbocycles. The van der Waals surface area contributed by atoms with E-state index in [1.54, 1.807) is 19.1 Å². The van der Waals surface area contributed by atoms with E-state index in [0.717, 1.165) is 5.56 Å². The van der Waals surface area contributed by atoms with E-state index in [-0.39, 0.29) is 16.9 Å². The Hall–Kier alpha value is -2.61. The quantitative estimate of drug-likeness (QED) is 0.882. The average molecular weight is 244 g/mol. The van der Waals surface area contributed by atoms with Gasteiger partial charge in [-0.25, -0.2) is 9.18 Å². The van der Waals surface area contributed by atoms with Gasteiger partial charge in [0.05, 0.1) is 11.3 Å². The molecule has 1 aromatic carbocycles. The molecule has 2 rings (SSSR count). The largest absolute Gasteiger partial charge is 0.477 e. The molecule has 1 N–H and O–H groups in total. The summed E-state index contributed by atoms with van der Waals surface area (Å²) in [7, 11) is 0.